The van der Waals surface area contributed by atoms with Crippen LogP contribution in [0.5, 0.6) is 5.88 Å². The largest absolute Gasteiger partial charge is 0.398 e. The van der Waals surface area contributed by atoms with Gasteiger partial charge in [-0.25, -0.2) is 4.98 Å². The molecule has 0 aliphatic rings. The van der Waals surface area contributed by atoms with E-state index in [0.29, 0.717) is 5.88 Å². The molecule has 1 aromatic heterocycles. The lowest BCUT2D eigenvalue weighted by molar-refractivity contribution is 0.650. The van der Waals surface area contributed by atoms with Crippen LogP contribution < -0.4 is 3.83 Å². The van der Waals surface area contributed by atoms with Crippen LogP contribution in [0.3, 0.4) is 0 Å². The molecule has 0 N–H and O–H groups in total. The lowest BCUT2D eigenvalue weighted by Crippen LogP contribution is -1.81. The maximum atomic E-state index is 4.82. The van der Waals surface area contributed by atoms with Crippen LogP contribution in [0.2, 0.25) is 0 Å². The number of halogens is 1. The SMILES string of the molecule is BrOc1ccc2ccccc2n1. The first-order chi connectivity index (χ1) is 5.90. The molecular formula is C9H6BrNO. The molecule has 2 rings (SSSR count). The van der Waals surface area contributed by atoms with Crippen LogP contribution >= 0.6 is 16.3 Å². The van der Waals surface area contributed by atoms with E-state index in [1.54, 1.807) is 0 Å². The molecule has 3 heteroatoms. The summed E-state index contributed by atoms with van der Waals surface area (Å²) in [7, 11) is 0. The van der Waals surface area contributed by atoms with Crippen molar-refractivity contribution in [1.29, 1.82) is 0 Å². The first kappa shape index (κ1) is 7.55. The van der Waals surface area contributed by atoms with E-state index >= 15 is 0 Å². The number of fused-ring (bicyclic) bond motifs is 1. The summed E-state index contributed by atoms with van der Waals surface area (Å²) in [5.41, 5.74) is 0.939. The number of aromatic nitrogens is 1. The molecule has 0 aliphatic heterocycles. The highest BCUT2D eigenvalue weighted by Gasteiger charge is 1.95. The second kappa shape index (κ2) is 3.11. The van der Waals surface area contributed by atoms with E-state index in [9.17, 15) is 0 Å². The quantitative estimate of drug-likeness (QED) is 0.742. The third-order valence-electron chi connectivity index (χ3n) is 1.65. The Kier molecular flexibility index (Phi) is 1.96. The van der Waals surface area contributed by atoms with Gasteiger partial charge in [0.15, 0.2) is 16.3 Å². The van der Waals surface area contributed by atoms with Gasteiger partial charge in [0.2, 0.25) is 5.88 Å². The van der Waals surface area contributed by atoms with Crippen molar-refractivity contribution < 1.29 is 3.83 Å². The predicted molar refractivity (Wildman–Crippen MR) is 51.3 cm³/mol. The second-order valence-corrected chi connectivity index (χ2v) is 2.74. The molecule has 0 bridgehead atoms. The summed E-state index contributed by atoms with van der Waals surface area (Å²) in [6.45, 7) is 0. The summed E-state index contributed by atoms with van der Waals surface area (Å²) >= 11 is 2.88. The average molecular weight is 224 g/mol. The Labute approximate surface area is 78.6 Å². The smallest absolute Gasteiger partial charge is 0.227 e. The van der Waals surface area contributed by atoms with Gasteiger partial charge in [-0.2, -0.15) is 0 Å². The molecule has 0 saturated heterocycles. The molecule has 1 aromatic carbocycles. The summed E-state index contributed by atoms with van der Waals surface area (Å²) in [6, 6.07) is 11.7. The van der Waals surface area contributed by atoms with Crippen molar-refractivity contribution in [3.8, 4) is 5.88 Å². The first-order valence-electron chi connectivity index (χ1n) is 3.54. The lowest BCUT2D eigenvalue weighted by Gasteiger charge is -1.97. The highest BCUT2D eigenvalue weighted by Crippen LogP contribution is 2.16. The van der Waals surface area contributed by atoms with E-state index in [2.05, 4.69) is 21.2 Å². The fourth-order valence-corrected chi connectivity index (χ4v) is 1.27. The summed E-state index contributed by atoms with van der Waals surface area (Å²) in [4.78, 5) is 4.22. The highest BCUT2D eigenvalue weighted by molar-refractivity contribution is 9.06. The number of para-hydroxylation sites is 1. The summed E-state index contributed by atoms with van der Waals surface area (Å²) in [5, 5.41) is 1.12. The van der Waals surface area contributed by atoms with Crippen LogP contribution in [0.15, 0.2) is 36.4 Å². The molecule has 12 heavy (non-hydrogen) atoms. The maximum Gasteiger partial charge on any atom is 0.227 e. The van der Waals surface area contributed by atoms with Crippen molar-refractivity contribution in [2.24, 2.45) is 0 Å². The van der Waals surface area contributed by atoms with Gasteiger partial charge >= 0.3 is 0 Å². The average Bonchev–Trinajstić information content (AvgIpc) is 2.17. The molecule has 2 nitrogen and oxygen atoms in total. The van der Waals surface area contributed by atoms with E-state index in [-0.39, 0.29) is 0 Å². The third kappa shape index (κ3) is 1.28. The normalized spacial score (nSPS) is 10.1. The Morgan fingerprint density at radius 3 is 2.75 bits per heavy atom. The van der Waals surface area contributed by atoms with Crippen molar-refractivity contribution in [3.63, 3.8) is 0 Å². The monoisotopic (exact) mass is 223 g/mol. The number of hydrogen-bond acceptors (Lipinski definition) is 2. The lowest BCUT2D eigenvalue weighted by atomic mass is 10.2. The number of nitrogens with zero attached hydrogens (tertiary/aromatic N) is 1. The maximum absolute atomic E-state index is 4.82. The van der Waals surface area contributed by atoms with Crippen LogP contribution in [0, 0.1) is 0 Å². The van der Waals surface area contributed by atoms with Gasteiger partial charge in [-0.3, -0.25) is 0 Å². The van der Waals surface area contributed by atoms with E-state index in [1.165, 1.54) is 0 Å². The fraction of sp³-hybridized carbons (Fsp3) is 0. The van der Waals surface area contributed by atoms with Crippen LogP contribution in [-0.2, 0) is 0 Å². The minimum Gasteiger partial charge on any atom is -0.398 e. The van der Waals surface area contributed by atoms with Crippen molar-refractivity contribution in [2.75, 3.05) is 0 Å². The Hall–Kier alpha value is -1.09. The molecule has 0 atom stereocenters. The third-order valence-corrected chi connectivity index (χ3v) is 1.98. The van der Waals surface area contributed by atoms with Crippen LogP contribution in [0.4, 0.5) is 0 Å². The van der Waals surface area contributed by atoms with Gasteiger partial charge < -0.3 is 3.83 Å². The van der Waals surface area contributed by atoms with Gasteiger partial charge in [0.05, 0.1) is 5.52 Å². The van der Waals surface area contributed by atoms with Crippen molar-refractivity contribution in [1.82, 2.24) is 4.98 Å². The molecular weight excluding hydrogens is 218 g/mol. The second-order valence-electron chi connectivity index (χ2n) is 2.42. The Morgan fingerprint density at radius 1 is 1.08 bits per heavy atom. The zero-order valence-corrected chi connectivity index (χ0v) is 7.78. The Balaban J connectivity index is 2.67. The number of benzene rings is 1. The van der Waals surface area contributed by atoms with Crippen molar-refractivity contribution in [2.45, 2.75) is 0 Å². The van der Waals surface area contributed by atoms with E-state index in [0.717, 1.165) is 10.9 Å². The standard InChI is InChI=1S/C9H6BrNO/c10-12-9-6-5-7-3-1-2-4-8(7)11-9/h1-6H. The van der Waals surface area contributed by atoms with Gasteiger partial charge in [-0.1, -0.05) is 18.2 Å². The Bertz CT molecular complexity index is 402. The zero-order chi connectivity index (χ0) is 8.39. The Morgan fingerprint density at radius 2 is 1.92 bits per heavy atom. The van der Waals surface area contributed by atoms with Gasteiger partial charge in [-0.15, -0.1) is 0 Å². The summed E-state index contributed by atoms with van der Waals surface area (Å²) in [6.07, 6.45) is 0. The van der Waals surface area contributed by atoms with Gasteiger partial charge in [-0.05, 0) is 12.1 Å². The molecule has 0 aliphatic carbocycles. The first-order valence-corrected chi connectivity index (χ1v) is 4.19. The number of rotatable bonds is 1. The molecule has 0 fully saturated rings. The summed E-state index contributed by atoms with van der Waals surface area (Å²) in [5.74, 6) is 0.578. The van der Waals surface area contributed by atoms with E-state index in [1.807, 2.05) is 36.4 Å². The van der Waals surface area contributed by atoms with Gasteiger partial charge in [0.25, 0.3) is 0 Å². The minimum atomic E-state index is 0.578. The number of pyridine rings is 1. The van der Waals surface area contributed by atoms with Crippen LogP contribution in [0.1, 0.15) is 0 Å². The molecule has 0 spiro atoms. The molecule has 0 radical (unpaired) electrons. The molecule has 60 valence electrons. The zero-order valence-electron chi connectivity index (χ0n) is 6.20. The molecule has 2 aromatic rings. The predicted octanol–water partition coefficient (Wildman–Crippen LogP) is 2.92. The number of hydrogen-bond donors (Lipinski definition) is 0. The van der Waals surface area contributed by atoms with E-state index < -0.39 is 0 Å². The molecule has 0 unspecified atom stereocenters. The molecule has 0 saturated carbocycles. The summed E-state index contributed by atoms with van der Waals surface area (Å²) < 4.78 is 4.82. The topological polar surface area (TPSA) is 22.1 Å². The van der Waals surface area contributed by atoms with E-state index in [4.69, 9.17) is 3.83 Å². The van der Waals surface area contributed by atoms with Crippen molar-refractivity contribution >= 4 is 27.2 Å². The highest BCUT2D eigenvalue weighted by atomic mass is 79.9. The minimum absolute atomic E-state index is 0.578. The van der Waals surface area contributed by atoms with Gasteiger partial charge in [0.1, 0.15) is 0 Å². The van der Waals surface area contributed by atoms with Crippen LogP contribution in [-0.4, -0.2) is 4.98 Å². The van der Waals surface area contributed by atoms with Gasteiger partial charge in [0, 0.05) is 11.5 Å². The fourth-order valence-electron chi connectivity index (χ4n) is 1.09. The molecule has 1 heterocycles. The van der Waals surface area contributed by atoms with Crippen molar-refractivity contribution in [3.05, 3.63) is 36.4 Å². The van der Waals surface area contributed by atoms with Crippen LogP contribution in [0.25, 0.3) is 10.9 Å². The molecule has 0 amide bonds.